The predicted octanol–water partition coefficient (Wildman–Crippen LogP) is 3.76. The zero-order valence-corrected chi connectivity index (χ0v) is 17.8. The molecule has 5 heteroatoms. The second-order valence-corrected chi connectivity index (χ2v) is 7.89. The fourth-order valence-corrected chi connectivity index (χ4v) is 3.79. The maximum Gasteiger partial charge on any atom is 0.258 e. The van der Waals surface area contributed by atoms with Gasteiger partial charge >= 0.3 is 0 Å². The van der Waals surface area contributed by atoms with E-state index in [0.29, 0.717) is 25.3 Å². The lowest BCUT2D eigenvalue weighted by Gasteiger charge is -2.32. The number of carbonyl (C=O) groups is 2. The van der Waals surface area contributed by atoms with Gasteiger partial charge in [0.05, 0.1) is 0 Å². The lowest BCUT2D eigenvalue weighted by atomic mass is 10.0. The van der Waals surface area contributed by atoms with E-state index < -0.39 is 0 Å². The van der Waals surface area contributed by atoms with Crippen LogP contribution in [0.3, 0.4) is 0 Å². The van der Waals surface area contributed by atoms with Gasteiger partial charge in [-0.2, -0.15) is 0 Å². The van der Waals surface area contributed by atoms with E-state index in [2.05, 4.69) is 24.4 Å². The van der Waals surface area contributed by atoms with Crippen LogP contribution in [0.1, 0.15) is 43.7 Å². The van der Waals surface area contributed by atoms with Gasteiger partial charge in [0.2, 0.25) is 5.91 Å². The molecule has 0 aromatic heterocycles. The van der Waals surface area contributed by atoms with Gasteiger partial charge in [-0.1, -0.05) is 55.8 Å². The Bertz CT molecular complexity index is 797. The second kappa shape index (κ2) is 11.4. The SMILES string of the molecule is CCCc1ccc(OCC(=O)NC2CCN(C(=O)CCc3ccccc3)CC2)cc1. The monoisotopic (exact) mass is 408 g/mol. The van der Waals surface area contributed by atoms with Crippen LogP contribution in [0.15, 0.2) is 54.6 Å². The number of hydrogen-bond donors (Lipinski definition) is 1. The van der Waals surface area contributed by atoms with Crippen molar-refractivity contribution in [2.24, 2.45) is 0 Å². The van der Waals surface area contributed by atoms with Crippen LogP contribution in [-0.2, 0) is 22.4 Å². The fraction of sp³-hybridized carbons (Fsp3) is 0.440. The van der Waals surface area contributed by atoms with Gasteiger partial charge < -0.3 is 15.0 Å². The standard InChI is InChI=1S/C25H32N2O3/c1-2-6-20-9-12-23(13-10-20)30-19-24(28)26-22-15-17-27(18-16-22)25(29)14-11-21-7-4-3-5-8-21/h3-5,7-10,12-13,22H,2,6,11,14-19H2,1H3,(H,26,28). The van der Waals surface area contributed by atoms with Crippen molar-refractivity contribution in [2.75, 3.05) is 19.7 Å². The van der Waals surface area contributed by atoms with E-state index >= 15 is 0 Å². The van der Waals surface area contributed by atoms with Crippen LogP contribution < -0.4 is 10.1 Å². The molecule has 2 aromatic carbocycles. The number of amides is 2. The summed E-state index contributed by atoms with van der Waals surface area (Å²) in [6.45, 7) is 3.56. The van der Waals surface area contributed by atoms with E-state index in [1.165, 1.54) is 11.1 Å². The van der Waals surface area contributed by atoms with E-state index in [1.807, 2.05) is 47.4 Å². The van der Waals surface area contributed by atoms with Crippen LogP contribution in [0.2, 0.25) is 0 Å². The third-order valence-electron chi connectivity index (χ3n) is 5.52. The molecule has 2 amide bonds. The molecule has 1 aliphatic rings. The number of aryl methyl sites for hydroxylation is 2. The molecule has 0 spiro atoms. The summed E-state index contributed by atoms with van der Waals surface area (Å²) in [5.74, 6) is 0.795. The molecule has 160 valence electrons. The van der Waals surface area contributed by atoms with E-state index in [1.54, 1.807) is 0 Å². The quantitative estimate of drug-likeness (QED) is 0.687. The molecule has 1 saturated heterocycles. The highest BCUT2D eigenvalue weighted by Crippen LogP contribution is 2.15. The van der Waals surface area contributed by atoms with Crippen molar-refractivity contribution in [3.63, 3.8) is 0 Å². The summed E-state index contributed by atoms with van der Waals surface area (Å²) in [6, 6.07) is 18.1. The summed E-state index contributed by atoms with van der Waals surface area (Å²) in [4.78, 5) is 26.6. The van der Waals surface area contributed by atoms with E-state index in [0.717, 1.165) is 32.1 Å². The molecule has 2 aromatic rings. The Kier molecular flexibility index (Phi) is 8.30. The minimum absolute atomic E-state index is 0.0172. The number of benzene rings is 2. The minimum Gasteiger partial charge on any atom is -0.484 e. The molecule has 3 rings (SSSR count). The highest BCUT2D eigenvalue weighted by atomic mass is 16.5. The van der Waals surface area contributed by atoms with Crippen molar-refractivity contribution < 1.29 is 14.3 Å². The first-order valence-electron chi connectivity index (χ1n) is 11.0. The molecular weight excluding hydrogens is 376 g/mol. The zero-order valence-electron chi connectivity index (χ0n) is 17.8. The van der Waals surface area contributed by atoms with Crippen LogP contribution in [0.4, 0.5) is 0 Å². The summed E-state index contributed by atoms with van der Waals surface area (Å²) in [7, 11) is 0. The number of likely N-dealkylation sites (tertiary alicyclic amines) is 1. The van der Waals surface area contributed by atoms with Gasteiger partial charge in [0, 0.05) is 25.6 Å². The number of carbonyl (C=O) groups excluding carboxylic acids is 2. The summed E-state index contributed by atoms with van der Waals surface area (Å²) in [5.41, 5.74) is 2.47. The predicted molar refractivity (Wildman–Crippen MR) is 118 cm³/mol. The maximum absolute atomic E-state index is 12.4. The van der Waals surface area contributed by atoms with Gasteiger partial charge in [0.1, 0.15) is 5.75 Å². The molecule has 0 aliphatic carbocycles. The smallest absolute Gasteiger partial charge is 0.258 e. The molecule has 1 aliphatic heterocycles. The Morgan fingerprint density at radius 2 is 1.63 bits per heavy atom. The van der Waals surface area contributed by atoms with Gasteiger partial charge in [0.25, 0.3) is 5.91 Å². The van der Waals surface area contributed by atoms with Crippen molar-refractivity contribution in [3.05, 3.63) is 65.7 Å². The number of piperidine rings is 1. The minimum atomic E-state index is -0.110. The van der Waals surface area contributed by atoms with Gasteiger partial charge in [-0.15, -0.1) is 0 Å². The molecule has 0 radical (unpaired) electrons. The average molecular weight is 409 g/mol. The molecule has 0 saturated carbocycles. The first-order chi connectivity index (χ1) is 14.6. The Morgan fingerprint density at radius 1 is 0.967 bits per heavy atom. The molecule has 30 heavy (non-hydrogen) atoms. The number of ether oxygens (including phenoxy) is 1. The normalized spacial score (nSPS) is 14.4. The Labute approximate surface area is 179 Å². The molecule has 1 fully saturated rings. The third kappa shape index (κ3) is 6.90. The van der Waals surface area contributed by atoms with Crippen molar-refractivity contribution in [3.8, 4) is 5.75 Å². The Morgan fingerprint density at radius 3 is 2.30 bits per heavy atom. The first kappa shape index (κ1) is 21.9. The molecular formula is C25H32N2O3. The first-order valence-corrected chi connectivity index (χ1v) is 11.0. The third-order valence-corrected chi connectivity index (χ3v) is 5.52. The van der Waals surface area contributed by atoms with Crippen LogP contribution in [0.5, 0.6) is 5.75 Å². The van der Waals surface area contributed by atoms with Crippen LogP contribution >= 0.6 is 0 Å². The zero-order chi connectivity index (χ0) is 21.2. The van der Waals surface area contributed by atoms with Gasteiger partial charge in [0.15, 0.2) is 6.61 Å². The van der Waals surface area contributed by atoms with Crippen LogP contribution in [0, 0.1) is 0 Å². The maximum atomic E-state index is 12.4. The number of nitrogens with zero attached hydrogens (tertiary/aromatic N) is 1. The van der Waals surface area contributed by atoms with Crippen LogP contribution in [-0.4, -0.2) is 42.5 Å². The molecule has 0 unspecified atom stereocenters. The van der Waals surface area contributed by atoms with Gasteiger partial charge in [-0.25, -0.2) is 0 Å². The summed E-state index contributed by atoms with van der Waals surface area (Å²) in [5, 5.41) is 3.04. The fourth-order valence-electron chi connectivity index (χ4n) is 3.79. The van der Waals surface area contributed by atoms with E-state index in [-0.39, 0.29) is 24.5 Å². The van der Waals surface area contributed by atoms with Crippen molar-refractivity contribution >= 4 is 11.8 Å². The number of nitrogens with one attached hydrogen (secondary N) is 1. The van der Waals surface area contributed by atoms with Crippen LogP contribution in [0.25, 0.3) is 0 Å². The topological polar surface area (TPSA) is 58.6 Å². The summed E-state index contributed by atoms with van der Waals surface area (Å²) < 4.78 is 5.60. The second-order valence-electron chi connectivity index (χ2n) is 7.89. The van der Waals surface area contributed by atoms with Crippen molar-refractivity contribution in [2.45, 2.75) is 51.5 Å². The highest BCUT2D eigenvalue weighted by Gasteiger charge is 2.23. The Balaban J connectivity index is 1.33. The molecule has 1 heterocycles. The largest absolute Gasteiger partial charge is 0.484 e. The van der Waals surface area contributed by atoms with Crippen molar-refractivity contribution in [1.29, 1.82) is 0 Å². The summed E-state index contributed by atoms with van der Waals surface area (Å²) >= 11 is 0. The van der Waals surface area contributed by atoms with E-state index in [4.69, 9.17) is 4.74 Å². The molecule has 0 bridgehead atoms. The molecule has 5 nitrogen and oxygen atoms in total. The molecule has 0 atom stereocenters. The lowest BCUT2D eigenvalue weighted by molar-refractivity contribution is -0.132. The van der Waals surface area contributed by atoms with Gasteiger partial charge in [-0.3, -0.25) is 9.59 Å². The Hall–Kier alpha value is -2.82. The average Bonchev–Trinajstić information content (AvgIpc) is 2.78. The summed E-state index contributed by atoms with van der Waals surface area (Å²) in [6.07, 6.45) is 5.04. The highest BCUT2D eigenvalue weighted by molar-refractivity contribution is 5.78. The molecule has 1 N–H and O–H groups in total. The number of rotatable bonds is 9. The lowest BCUT2D eigenvalue weighted by Crippen LogP contribution is -2.47. The van der Waals surface area contributed by atoms with E-state index in [9.17, 15) is 9.59 Å². The van der Waals surface area contributed by atoms with Gasteiger partial charge in [-0.05, 0) is 48.9 Å². The number of hydrogen-bond acceptors (Lipinski definition) is 3. The van der Waals surface area contributed by atoms with Crippen molar-refractivity contribution in [1.82, 2.24) is 10.2 Å².